The Morgan fingerprint density at radius 2 is 1.86 bits per heavy atom. The zero-order valence-corrected chi connectivity index (χ0v) is 13.5. The maximum atomic E-state index is 11.7. The van der Waals surface area contributed by atoms with Crippen LogP contribution in [-0.4, -0.2) is 24.3 Å². The topological polar surface area (TPSA) is 64.6 Å². The third kappa shape index (κ3) is 4.48. The van der Waals surface area contributed by atoms with E-state index in [9.17, 15) is 9.59 Å². The molecule has 0 heterocycles. The SMILES string of the molecule is CCOC(=O)[C@@H]1C[C@H]1c1ccc(NC(=O)OC(C)(C)C)cc1. The molecule has 1 N–H and O–H groups in total. The monoisotopic (exact) mass is 305 g/mol. The van der Waals surface area contributed by atoms with Gasteiger partial charge in [-0.15, -0.1) is 0 Å². The Balaban J connectivity index is 1.89. The van der Waals surface area contributed by atoms with Gasteiger partial charge in [-0.25, -0.2) is 4.79 Å². The Labute approximate surface area is 131 Å². The molecule has 1 fully saturated rings. The Bertz CT molecular complexity index is 545. The van der Waals surface area contributed by atoms with E-state index in [1.807, 2.05) is 52.0 Å². The molecule has 1 aromatic rings. The molecule has 2 rings (SSSR count). The van der Waals surface area contributed by atoms with E-state index in [4.69, 9.17) is 9.47 Å². The van der Waals surface area contributed by atoms with Crippen molar-refractivity contribution in [1.29, 1.82) is 0 Å². The smallest absolute Gasteiger partial charge is 0.412 e. The summed E-state index contributed by atoms with van der Waals surface area (Å²) in [6.07, 6.45) is 0.355. The van der Waals surface area contributed by atoms with Gasteiger partial charge in [0.2, 0.25) is 0 Å². The van der Waals surface area contributed by atoms with Crippen molar-refractivity contribution in [3.05, 3.63) is 29.8 Å². The molecular weight excluding hydrogens is 282 g/mol. The van der Waals surface area contributed by atoms with E-state index in [1.165, 1.54) is 0 Å². The highest BCUT2D eigenvalue weighted by atomic mass is 16.6. The largest absolute Gasteiger partial charge is 0.466 e. The zero-order chi connectivity index (χ0) is 16.3. The molecule has 120 valence electrons. The summed E-state index contributed by atoms with van der Waals surface area (Å²) in [4.78, 5) is 23.3. The van der Waals surface area contributed by atoms with Crippen molar-refractivity contribution in [3.63, 3.8) is 0 Å². The summed E-state index contributed by atoms with van der Waals surface area (Å²) in [5, 5.41) is 2.69. The standard InChI is InChI=1S/C17H23NO4/c1-5-21-15(19)14-10-13(14)11-6-8-12(9-7-11)18-16(20)22-17(2,3)4/h6-9,13-14H,5,10H2,1-4H3,(H,18,20)/t13-,14+/m0/s1. The zero-order valence-electron chi connectivity index (χ0n) is 13.5. The minimum Gasteiger partial charge on any atom is -0.466 e. The molecule has 1 aliphatic rings. The number of benzene rings is 1. The molecule has 1 saturated carbocycles. The van der Waals surface area contributed by atoms with Crippen LogP contribution in [0.2, 0.25) is 0 Å². The highest BCUT2D eigenvalue weighted by Crippen LogP contribution is 2.48. The maximum Gasteiger partial charge on any atom is 0.412 e. The molecule has 1 aromatic carbocycles. The van der Waals surface area contributed by atoms with Crippen LogP contribution >= 0.6 is 0 Å². The van der Waals surface area contributed by atoms with E-state index in [2.05, 4.69) is 5.32 Å². The van der Waals surface area contributed by atoms with E-state index in [-0.39, 0.29) is 17.8 Å². The summed E-state index contributed by atoms with van der Waals surface area (Å²) in [6, 6.07) is 7.49. The molecule has 1 aliphatic carbocycles. The third-order valence-electron chi connectivity index (χ3n) is 3.36. The van der Waals surface area contributed by atoms with Crippen molar-refractivity contribution < 1.29 is 19.1 Å². The molecule has 0 spiro atoms. The van der Waals surface area contributed by atoms with Crippen molar-refractivity contribution in [1.82, 2.24) is 0 Å². The number of carbonyl (C=O) groups excluding carboxylic acids is 2. The lowest BCUT2D eigenvalue weighted by Crippen LogP contribution is -2.27. The number of esters is 1. The Morgan fingerprint density at radius 3 is 2.41 bits per heavy atom. The predicted octanol–water partition coefficient (Wildman–Crippen LogP) is 3.70. The first-order valence-electron chi connectivity index (χ1n) is 7.56. The number of hydrogen-bond donors (Lipinski definition) is 1. The minimum atomic E-state index is -0.523. The van der Waals surface area contributed by atoms with Crippen molar-refractivity contribution >= 4 is 17.7 Å². The first-order valence-corrected chi connectivity index (χ1v) is 7.56. The lowest BCUT2D eigenvalue weighted by atomic mass is 10.1. The van der Waals surface area contributed by atoms with Crippen LogP contribution in [0.15, 0.2) is 24.3 Å². The van der Waals surface area contributed by atoms with Gasteiger partial charge in [-0.1, -0.05) is 12.1 Å². The molecule has 5 heteroatoms. The molecule has 2 atom stereocenters. The van der Waals surface area contributed by atoms with Crippen LogP contribution in [0.25, 0.3) is 0 Å². The fraction of sp³-hybridized carbons (Fsp3) is 0.529. The lowest BCUT2D eigenvalue weighted by Gasteiger charge is -2.19. The summed E-state index contributed by atoms with van der Waals surface area (Å²) >= 11 is 0. The van der Waals surface area contributed by atoms with Crippen LogP contribution < -0.4 is 5.32 Å². The van der Waals surface area contributed by atoms with Gasteiger partial charge in [0.05, 0.1) is 12.5 Å². The molecule has 0 aliphatic heterocycles. The number of rotatable bonds is 4. The maximum absolute atomic E-state index is 11.7. The van der Waals surface area contributed by atoms with Gasteiger partial charge in [0.1, 0.15) is 5.60 Å². The molecule has 5 nitrogen and oxygen atoms in total. The molecule has 22 heavy (non-hydrogen) atoms. The number of hydrogen-bond acceptors (Lipinski definition) is 4. The Morgan fingerprint density at radius 1 is 1.23 bits per heavy atom. The van der Waals surface area contributed by atoms with Crippen molar-refractivity contribution in [2.45, 2.75) is 45.6 Å². The fourth-order valence-electron chi connectivity index (χ4n) is 2.31. The highest BCUT2D eigenvalue weighted by molar-refractivity contribution is 5.85. The second kappa shape index (κ2) is 6.38. The number of ether oxygens (including phenoxy) is 2. The average Bonchev–Trinajstić information content (AvgIpc) is 3.18. The van der Waals surface area contributed by atoms with Crippen molar-refractivity contribution in [3.8, 4) is 0 Å². The van der Waals surface area contributed by atoms with Crippen LogP contribution in [0.3, 0.4) is 0 Å². The van der Waals surface area contributed by atoms with Gasteiger partial charge < -0.3 is 9.47 Å². The fourth-order valence-corrected chi connectivity index (χ4v) is 2.31. The van der Waals surface area contributed by atoms with Gasteiger partial charge in [-0.3, -0.25) is 10.1 Å². The third-order valence-corrected chi connectivity index (χ3v) is 3.36. The molecule has 1 amide bonds. The molecular formula is C17H23NO4. The highest BCUT2D eigenvalue weighted by Gasteiger charge is 2.45. The van der Waals surface area contributed by atoms with E-state index >= 15 is 0 Å². The Kier molecular flexibility index (Phi) is 4.74. The summed E-state index contributed by atoms with van der Waals surface area (Å²) in [6.45, 7) is 7.68. The van der Waals surface area contributed by atoms with Crippen LogP contribution in [0.1, 0.15) is 45.6 Å². The first kappa shape index (κ1) is 16.3. The number of carbonyl (C=O) groups is 2. The summed E-state index contributed by atoms with van der Waals surface area (Å²) in [5.41, 5.74) is 1.24. The second-order valence-corrected chi connectivity index (χ2v) is 6.45. The van der Waals surface area contributed by atoms with Crippen LogP contribution in [-0.2, 0) is 14.3 Å². The van der Waals surface area contributed by atoms with Gasteiger partial charge in [0.25, 0.3) is 0 Å². The van der Waals surface area contributed by atoms with E-state index in [0.29, 0.717) is 12.3 Å². The van der Waals surface area contributed by atoms with Gasteiger partial charge in [0, 0.05) is 5.69 Å². The summed E-state index contributed by atoms with van der Waals surface area (Å²) in [7, 11) is 0. The van der Waals surface area contributed by atoms with Gasteiger partial charge in [-0.2, -0.15) is 0 Å². The number of nitrogens with one attached hydrogen (secondary N) is 1. The van der Waals surface area contributed by atoms with Crippen LogP contribution in [0, 0.1) is 5.92 Å². The van der Waals surface area contributed by atoms with Crippen LogP contribution in [0.4, 0.5) is 10.5 Å². The number of amides is 1. The summed E-state index contributed by atoms with van der Waals surface area (Å²) < 4.78 is 10.2. The van der Waals surface area contributed by atoms with Crippen molar-refractivity contribution in [2.24, 2.45) is 5.92 Å². The second-order valence-electron chi connectivity index (χ2n) is 6.45. The van der Waals surface area contributed by atoms with Gasteiger partial charge in [0.15, 0.2) is 0 Å². The minimum absolute atomic E-state index is 0.0235. The van der Waals surface area contributed by atoms with Gasteiger partial charge in [-0.05, 0) is 57.7 Å². The quantitative estimate of drug-likeness (QED) is 0.861. The van der Waals surface area contributed by atoms with E-state index < -0.39 is 11.7 Å². The van der Waals surface area contributed by atoms with Crippen LogP contribution in [0.5, 0.6) is 0 Å². The normalized spacial score (nSPS) is 20.2. The molecule has 0 radical (unpaired) electrons. The summed E-state index contributed by atoms with van der Waals surface area (Å²) in [5.74, 6) is 0.0858. The number of anilines is 1. The van der Waals surface area contributed by atoms with E-state index in [1.54, 1.807) is 0 Å². The average molecular weight is 305 g/mol. The van der Waals surface area contributed by atoms with Crippen molar-refractivity contribution in [2.75, 3.05) is 11.9 Å². The molecule has 0 saturated heterocycles. The molecule has 0 aromatic heterocycles. The Hall–Kier alpha value is -2.04. The predicted molar refractivity (Wildman–Crippen MR) is 83.8 cm³/mol. The lowest BCUT2D eigenvalue weighted by molar-refractivity contribution is -0.144. The van der Waals surface area contributed by atoms with Gasteiger partial charge >= 0.3 is 12.1 Å². The van der Waals surface area contributed by atoms with E-state index in [0.717, 1.165) is 12.0 Å². The molecule has 0 bridgehead atoms. The molecule has 0 unspecified atom stereocenters. The first-order chi connectivity index (χ1) is 10.3.